The lowest BCUT2D eigenvalue weighted by molar-refractivity contribution is 0.0953. The van der Waals surface area contributed by atoms with Crippen LogP contribution in [0.25, 0.3) is 0 Å². The minimum Gasteiger partial charge on any atom is -0.505 e. The van der Waals surface area contributed by atoms with E-state index in [0.717, 1.165) is 0 Å². The van der Waals surface area contributed by atoms with Gasteiger partial charge in [-0.05, 0) is 12.1 Å². The van der Waals surface area contributed by atoms with Gasteiger partial charge in [0.05, 0.1) is 17.0 Å². The summed E-state index contributed by atoms with van der Waals surface area (Å²) in [5.41, 5.74) is 5.57. The van der Waals surface area contributed by atoms with E-state index in [-0.39, 0.29) is 29.3 Å². The summed E-state index contributed by atoms with van der Waals surface area (Å²) in [4.78, 5) is 11.7. The Morgan fingerprint density at radius 2 is 2.11 bits per heavy atom. The third kappa shape index (κ3) is 4.42. The Balaban J connectivity index is 2.60. The van der Waals surface area contributed by atoms with Gasteiger partial charge in [-0.25, -0.2) is 13.1 Å². The van der Waals surface area contributed by atoms with Gasteiger partial charge in [-0.1, -0.05) is 13.0 Å². The highest BCUT2D eigenvalue weighted by Gasteiger charge is 2.14. The first-order chi connectivity index (χ1) is 8.87. The van der Waals surface area contributed by atoms with Gasteiger partial charge in [0.25, 0.3) is 5.91 Å². The number of carbonyl (C=O) groups is 1. The Bertz CT molecular complexity index is 557. The number of benzene rings is 1. The first-order valence-corrected chi connectivity index (χ1v) is 7.35. The predicted octanol–water partition coefficient (Wildman–Crippen LogP) is -0.357. The molecule has 0 spiro atoms. The van der Waals surface area contributed by atoms with E-state index in [1.165, 1.54) is 18.2 Å². The monoisotopic (exact) mass is 287 g/mol. The van der Waals surface area contributed by atoms with Gasteiger partial charge in [0.2, 0.25) is 10.0 Å². The topological polar surface area (TPSA) is 122 Å². The van der Waals surface area contributed by atoms with Crippen LogP contribution in [-0.4, -0.2) is 38.3 Å². The highest BCUT2D eigenvalue weighted by atomic mass is 32.2. The number of anilines is 1. The number of nitrogen functional groups attached to an aromatic ring is 1. The summed E-state index contributed by atoms with van der Waals surface area (Å²) >= 11 is 0. The summed E-state index contributed by atoms with van der Waals surface area (Å²) in [7, 11) is -3.38. The predicted molar refractivity (Wildman–Crippen MR) is 72.3 cm³/mol. The summed E-state index contributed by atoms with van der Waals surface area (Å²) in [6.45, 7) is 1.91. The summed E-state index contributed by atoms with van der Waals surface area (Å²) in [6, 6.07) is 4.39. The molecular weight excluding hydrogens is 270 g/mol. The second kappa shape index (κ2) is 6.39. The van der Waals surface area contributed by atoms with Crippen molar-refractivity contribution in [3.8, 4) is 5.75 Å². The third-order valence-corrected chi connectivity index (χ3v) is 3.80. The Kier molecular flexibility index (Phi) is 5.13. The molecule has 0 aromatic heterocycles. The van der Waals surface area contributed by atoms with Gasteiger partial charge in [0.1, 0.15) is 0 Å². The molecule has 0 saturated heterocycles. The van der Waals surface area contributed by atoms with Crippen LogP contribution in [0.3, 0.4) is 0 Å². The average molecular weight is 287 g/mol. The minimum atomic E-state index is -3.38. The molecule has 19 heavy (non-hydrogen) atoms. The fourth-order valence-electron chi connectivity index (χ4n) is 1.43. The molecule has 0 aliphatic rings. The molecule has 0 saturated carbocycles. The molecule has 0 unspecified atom stereocenters. The van der Waals surface area contributed by atoms with Crippen LogP contribution in [-0.2, 0) is 10.0 Å². The molecule has 0 atom stereocenters. The maximum atomic E-state index is 11.7. The van der Waals surface area contributed by atoms with E-state index >= 15 is 0 Å². The molecule has 8 heteroatoms. The first-order valence-electron chi connectivity index (χ1n) is 5.70. The van der Waals surface area contributed by atoms with E-state index in [1.54, 1.807) is 6.92 Å². The van der Waals surface area contributed by atoms with E-state index in [4.69, 9.17) is 5.73 Å². The first kappa shape index (κ1) is 15.3. The van der Waals surface area contributed by atoms with E-state index in [0.29, 0.717) is 6.54 Å². The maximum Gasteiger partial charge on any atom is 0.255 e. The zero-order chi connectivity index (χ0) is 14.5. The molecule has 106 valence electrons. The Hall–Kier alpha value is -1.80. The molecule has 1 aromatic rings. The molecule has 1 amide bonds. The van der Waals surface area contributed by atoms with Crippen LogP contribution in [0.4, 0.5) is 5.69 Å². The number of carbonyl (C=O) groups excluding carboxylic acids is 1. The van der Waals surface area contributed by atoms with Crippen LogP contribution in [0.15, 0.2) is 18.2 Å². The van der Waals surface area contributed by atoms with Gasteiger partial charge < -0.3 is 16.2 Å². The number of hydrogen-bond acceptors (Lipinski definition) is 5. The van der Waals surface area contributed by atoms with Crippen LogP contribution in [0.5, 0.6) is 5.75 Å². The molecule has 5 N–H and O–H groups in total. The fourth-order valence-corrected chi connectivity index (χ4v) is 2.39. The minimum absolute atomic E-state index is 0.0147. The van der Waals surface area contributed by atoms with Crippen molar-refractivity contribution in [2.75, 3.05) is 24.6 Å². The van der Waals surface area contributed by atoms with Crippen molar-refractivity contribution in [2.45, 2.75) is 6.92 Å². The molecule has 1 aromatic carbocycles. The summed E-state index contributed by atoms with van der Waals surface area (Å²) in [5, 5.41) is 12.0. The lowest BCUT2D eigenvalue weighted by Gasteiger charge is -2.08. The normalized spacial score (nSPS) is 11.2. The largest absolute Gasteiger partial charge is 0.505 e. The number of sulfonamides is 1. The molecule has 0 aliphatic carbocycles. The van der Waals surface area contributed by atoms with Gasteiger partial charge >= 0.3 is 0 Å². The number of nitrogens with one attached hydrogen (secondary N) is 2. The zero-order valence-corrected chi connectivity index (χ0v) is 11.3. The van der Waals surface area contributed by atoms with Gasteiger partial charge in [-0.15, -0.1) is 0 Å². The highest BCUT2D eigenvalue weighted by molar-refractivity contribution is 7.89. The van der Waals surface area contributed by atoms with E-state index in [2.05, 4.69) is 10.0 Å². The van der Waals surface area contributed by atoms with Gasteiger partial charge in [0.15, 0.2) is 5.75 Å². The second-order valence-electron chi connectivity index (χ2n) is 3.82. The number of rotatable bonds is 6. The van der Waals surface area contributed by atoms with E-state index in [1.807, 2.05) is 0 Å². The average Bonchev–Trinajstić information content (AvgIpc) is 2.32. The Morgan fingerprint density at radius 1 is 1.42 bits per heavy atom. The lowest BCUT2D eigenvalue weighted by atomic mass is 10.1. The van der Waals surface area contributed by atoms with Crippen molar-refractivity contribution in [2.24, 2.45) is 0 Å². The number of phenols is 1. The van der Waals surface area contributed by atoms with Crippen molar-refractivity contribution < 1.29 is 18.3 Å². The number of phenolic OH excluding ortho intramolecular Hbond substituents is 1. The van der Waals surface area contributed by atoms with Gasteiger partial charge in [0, 0.05) is 13.1 Å². The van der Waals surface area contributed by atoms with Crippen molar-refractivity contribution in [1.82, 2.24) is 10.0 Å². The highest BCUT2D eigenvalue weighted by Crippen LogP contribution is 2.23. The summed E-state index contributed by atoms with van der Waals surface area (Å²) in [6.07, 6.45) is 0. The fraction of sp³-hybridized carbons (Fsp3) is 0.364. The molecule has 0 fully saturated rings. The SMILES string of the molecule is CCNS(=O)(=O)CCNC(=O)c1cccc(N)c1O. The maximum absolute atomic E-state index is 11.7. The zero-order valence-electron chi connectivity index (χ0n) is 10.5. The number of para-hydroxylation sites is 1. The van der Waals surface area contributed by atoms with Crippen molar-refractivity contribution in [3.05, 3.63) is 23.8 Å². The van der Waals surface area contributed by atoms with Gasteiger partial charge in [-0.3, -0.25) is 4.79 Å². The number of aromatic hydroxyl groups is 1. The van der Waals surface area contributed by atoms with Gasteiger partial charge in [-0.2, -0.15) is 0 Å². The Morgan fingerprint density at radius 3 is 2.74 bits per heavy atom. The van der Waals surface area contributed by atoms with Crippen LogP contribution >= 0.6 is 0 Å². The number of amides is 1. The van der Waals surface area contributed by atoms with Crippen molar-refractivity contribution in [1.29, 1.82) is 0 Å². The summed E-state index contributed by atoms with van der Waals surface area (Å²) in [5.74, 6) is -1.11. The van der Waals surface area contributed by atoms with E-state index in [9.17, 15) is 18.3 Å². The molecule has 0 bridgehead atoms. The molecule has 0 heterocycles. The quantitative estimate of drug-likeness (QED) is 0.420. The molecule has 0 aliphatic heterocycles. The van der Waals surface area contributed by atoms with Crippen LogP contribution in [0.2, 0.25) is 0 Å². The van der Waals surface area contributed by atoms with E-state index < -0.39 is 15.9 Å². The third-order valence-electron chi connectivity index (χ3n) is 2.33. The molecule has 0 radical (unpaired) electrons. The lowest BCUT2D eigenvalue weighted by Crippen LogP contribution is -2.34. The Labute approximate surface area is 111 Å². The van der Waals surface area contributed by atoms with Crippen LogP contribution in [0, 0.1) is 0 Å². The number of hydrogen-bond donors (Lipinski definition) is 4. The second-order valence-corrected chi connectivity index (χ2v) is 5.74. The molecule has 7 nitrogen and oxygen atoms in total. The van der Waals surface area contributed by atoms with Crippen LogP contribution < -0.4 is 15.8 Å². The standard InChI is InChI=1S/C11H17N3O4S/c1-2-14-19(17,18)7-6-13-11(16)8-4-3-5-9(12)10(8)15/h3-5,14-15H,2,6-7,12H2,1H3,(H,13,16). The summed E-state index contributed by atoms with van der Waals surface area (Å²) < 4.78 is 25.0. The van der Waals surface area contributed by atoms with Crippen molar-refractivity contribution in [3.63, 3.8) is 0 Å². The smallest absolute Gasteiger partial charge is 0.255 e. The molecular formula is C11H17N3O4S. The number of nitrogens with two attached hydrogens (primary N) is 1. The molecule has 1 rings (SSSR count). The van der Waals surface area contributed by atoms with Crippen molar-refractivity contribution >= 4 is 21.6 Å². The van der Waals surface area contributed by atoms with Crippen LogP contribution in [0.1, 0.15) is 17.3 Å².